The fourth-order valence-corrected chi connectivity index (χ4v) is 4.85. The first-order valence-electron chi connectivity index (χ1n) is 3.23. The van der Waals surface area contributed by atoms with Crippen LogP contribution in [0.2, 0.25) is 7.96 Å². The van der Waals surface area contributed by atoms with E-state index in [1.54, 1.807) is 7.96 Å². The van der Waals surface area contributed by atoms with E-state index in [0.29, 0.717) is 0 Å². The Balaban J connectivity index is 0. The Kier molecular flexibility index (Phi) is 15.7. The summed E-state index contributed by atoms with van der Waals surface area (Å²) in [6.07, 6.45) is 2.91. The fourth-order valence-electron chi connectivity index (χ4n) is 0.553. The summed E-state index contributed by atoms with van der Waals surface area (Å²) in [5.74, 6) is 0. The van der Waals surface area contributed by atoms with E-state index in [2.05, 4.69) is 13.8 Å². The number of hydrogen-bond donors (Lipinski definition) is 0. The first kappa shape index (κ1) is 11.7. The van der Waals surface area contributed by atoms with Gasteiger partial charge in [0.05, 0.1) is 0 Å². The van der Waals surface area contributed by atoms with E-state index >= 15 is 0 Å². The molecule has 0 aromatic rings. The van der Waals surface area contributed by atoms with Crippen LogP contribution in [-0.4, -0.2) is 29.7 Å². The van der Waals surface area contributed by atoms with Crippen molar-refractivity contribution in [2.45, 2.75) is 34.6 Å². The molecule has 0 saturated carbocycles. The van der Waals surface area contributed by atoms with Crippen molar-refractivity contribution >= 4 is 24.2 Å². The summed E-state index contributed by atoms with van der Waals surface area (Å²) in [5, 5.41) is 0. The van der Waals surface area contributed by atoms with Crippen molar-refractivity contribution in [1.29, 1.82) is 0 Å². The van der Waals surface area contributed by atoms with Gasteiger partial charge in [-0.05, 0) is 0 Å². The van der Waals surface area contributed by atoms with Crippen molar-refractivity contribution in [3.63, 3.8) is 0 Å². The average Bonchev–Trinajstić information content (AvgIpc) is 1.69. The Hall–Kier alpha value is 0.882. The largest absolute Gasteiger partial charge is 0.412 e. The molecule has 0 bridgehead atoms. The van der Waals surface area contributed by atoms with Crippen LogP contribution in [0.3, 0.4) is 0 Å². The summed E-state index contributed by atoms with van der Waals surface area (Å²) in [6.45, 7) is 4.60. The molecule has 0 aliphatic rings. The van der Waals surface area contributed by atoms with E-state index in [1.807, 2.05) is 0 Å². The molecule has 8 heavy (non-hydrogen) atoms. The van der Waals surface area contributed by atoms with Crippen molar-refractivity contribution in [3.05, 3.63) is 0 Å². The zero-order valence-corrected chi connectivity index (χ0v) is 10.4. The molecule has 49 valence electrons. The molecule has 2 N–H and O–H groups in total. The van der Waals surface area contributed by atoms with Crippen LogP contribution in [0.15, 0.2) is 0 Å². The van der Waals surface area contributed by atoms with E-state index < -0.39 is 0 Å². The van der Waals surface area contributed by atoms with Gasteiger partial charge in [-0.1, -0.05) is 0 Å². The second-order valence-electron chi connectivity index (χ2n) is 1.87. The van der Waals surface area contributed by atoms with Gasteiger partial charge in [0.25, 0.3) is 0 Å². The second kappa shape index (κ2) is 10.8. The monoisotopic (exact) mass is 309 g/mol. The van der Waals surface area contributed by atoms with Crippen molar-refractivity contribution < 1.29 is 5.48 Å². The third-order valence-corrected chi connectivity index (χ3v) is 8.65. The Morgan fingerprint density at radius 3 is 1.62 bits per heavy atom. The standard InChI is InChI=1S/2C3H7.H2O.Tl/c2*1-3-2;;/h2*1,3H2,2H3;1H2;. The quantitative estimate of drug-likeness (QED) is 0.557. The molecule has 0 heterocycles. The van der Waals surface area contributed by atoms with Crippen LogP contribution < -0.4 is 0 Å². The third kappa shape index (κ3) is 9.99. The summed E-state index contributed by atoms with van der Waals surface area (Å²) in [4.78, 5) is 0. The zero-order valence-electron chi connectivity index (χ0n) is 5.91. The molecule has 0 amide bonds. The minimum Gasteiger partial charge on any atom is -0.412 e. The molecular formula is C6H16OTl. The second-order valence-corrected chi connectivity index (χ2v) is 8.60. The van der Waals surface area contributed by atoms with Crippen molar-refractivity contribution in [2.24, 2.45) is 0 Å². The maximum absolute atomic E-state index is 2.30. The molecule has 0 aromatic heterocycles. The molecule has 0 atom stereocenters. The molecule has 0 radical (unpaired) electrons. The van der Waals surface area contributed by atoms with Crippen LogP contribution in [0.1, 0.15) is 26.7 Å². The van der Waals surface area contributed by atoms with Gasteiger partial charge in [-0.15, -0.1) is 0 Å². The van der Waals surface area contributed by atoms with Crippen molar-refractivity contribution in [1.82, 2.24) is 0 Å². The Morgan fingerprint density at radius 2 is 1.38 bits per heavy atom. The van der Waals surface area contributed by atoms with Crippen LogP contribution in [0, 0.1) is 0 Å². The minimum atomic E-state index is -0.102. The van der Waals surface area contributed by atoms with Crippen LogP contribution in [0.5, 0.6) is 0 Å². The van der Waals surface area contributed by atoms with Crippen molar-refractivity contribution in [3.8, 4) is 0 Å². The first-order chi connectivity index (χ1) is 3.41. The summed E-state index contributed by atoms with van der Waals surface area (Å²) in [7, 11) is 0. The molecule has 1 nitrogen and oxygen atoms in total. The summed E-state index contributed by atoms with van der Waals surface area (Å²) in [5.41, 5.74) is 0. The van der Waals surface area contributed by atoms with Crippen LogP contribution >= 0.6 is 0 Å². The first-order valence-corrected chi connectivity index (χ1v) is 9.58. The molecule has 0 unspecified atom stereocenters. The van der Waals surface area contributed by atoms with Gasteiger partial charge < -0.3 is 5.48 Å². The Morgan fingerprint density at radius 1 is 1.00 bits per heavy atom. The minimum absolute atomic E-state index is 0. The SMILES string of the molecule is CC[CH2][Tl][CH2]CC.O. The van der Waals surface area contributed by atoms with Gasteiger partial charge in [0, 0.05) is 0 Å². The van der Waals surface area contributed by atoms with Gasteiger partial charge in [-0.2, -0.15) is 0 Å². The molecular weight excluding hydrogens is 292 g/mol. The third-order valence-electron chi connectivity index (χ3n) is 0.986. The molecule has 0 fully saturated rings. The van der Waals surface area contributed by atoms with Crippen LogP contribution in [0.4, 0.5) is 0 Å². The van der Waals surface area contributed by atoms with Crippen molar-refractivity contribution in [2.75, 3.05) is 0 Å². The molecule has 0 aliphatic heterocycles. The van der Waals surface area contributed by atoms with E-state index in [1.165, 1.54) is 12.8 Å². The maximum Gasteiger partial charge on any atom is -0.412 e. The van der Waals surface area contributed by atoms with Crippen LogP contribution in [0.25, 0.3) is 0 Å². The summed E-state index contributed by atoms with van der Waals surface area (Å²) >= 11 is -0.102. The Bertz CT molecular complexity index is 27.7. The smallest absolute Gasteiger partial charge is 0.412 e. The summed E-state index contributed by atoms with van der Waals surface area (Å²) < 4.78 is 3.27. The molecule has 0 aliphatic carbocycles. The van der Waals surface area contributed by atoms with Gasteiger partial charge >= 0.3 is 58.9 Å². The fraction of sp³-hybridized carbons (Fsp3) is 1.00. The average molecular weight is 309 g/mol. The Labute approximate surface area is 64.4 Å². The van der Waals surface area contributed by atoms with E-state index in [9.17, 15) is 0 Å². The number of hydrogen-bond acceptors (Lipinski definition) is 0. The predicted molar refractivity (Wildman–Crippen MR) is 39.6 cm³/mol. The van der Waals surface area contributed by atoms with Gasteiger partial charge in [0.1, 0.15) is 0 Å². The number of rotatable bonds is 4. The maximum atomic E-state index is 2.30. The van der Waals surface area contributed by atoms with Gasteiger partial charge in [-0.3, -0.25) is 0 Å². The van der Waals surface area contributed by atoms with Gasteiger partial charge in [-0.25, -0.2) is 0 Å². The van der Waals surface area contributed by atoms with E-state index in [0.717, 1.165) is 0 Å². The molecule has 0 spiro atoms. The predicted octanol–water partition coefficient (Wildman–Crippen LogP) is 1.52. The van der Waals surface area contributed by atoms with E-state index in [-0.39, 0.29) is 29.7 Å². The van der Waals surface area contributed by atoms with E-state index in [4.69, 9.17) is 0 Å². The van der Waals surface area contributed by atoms with Gasteiger partial charge in [0.2, 0.25) is 0 Å². The molecule has 2 heteroatoms. The molecule has 0 rings (SSSR count). The molecule has 0 aromatic carbocycles. The topological polar surface area (TPSA) is 31.5 Å². The zero-order chi connectivity index (χ0) is 5.54. The molecule has 0 saturated heterocycles. The van der Waals surface area contributed by atoms with Crippen LogP contribution in [-0.2, 0) is 0 Å². The normalized spacial score (nSPS) is 7.25. The van der Waals surface area contributed by atoms with Gasteiger partial charge in [0.15, 0.2) is 0 Å². The summed E-state index contributed by atoms with van der Waals surface area (Å²) in [6, 6.07) is 0.